The molecule has 2 N–H and O–H groups in total. The van der Waals surface area contributed by atoms with Crippen molar-refractivity contribution in [2.75, 3.05) is 13.1 Å². The number of ether oxygens (including phenoxy) is 1. The highest BCUT2D eigenvalue weighted by molar-refractivity contribution is 5.27. The fourth-order valence-corrected chi connectivity index (χ4v) is 2.81. The third-order valence-corrected chi connectivity index (χ3v) is 3.78. The molecular formula is C15H21F3N2O. The highest BCUT2D eigenvalue weighted by atomic mass is 19.4. The van der Waals surface area contributed by atoms with Crippen molar-refractivity contribution in [3.8, 4) is 5.75 Å². The minimum Gasteiger partial charge on any atom is -0.406 e. The van der Waals surface area contributed by atoms with Gasteiger partial charge in [-0.15, -0.1) is 13.2 Å². The van der Waals surface area contributed by atoms with E-state index in [1.165, 1.54) is 25.0 Å². The normalized spacial score (nSPS) is 19.9. The number of nitrogens with zero attached hydrogens (tertiary/aromatic N) is 1. The van der Waals surface area contributed by atoms with Crippen molar-refractivity contribution >= 4 is 0 Å². The number of hydrogen-bond donors (Lipinski definition) is 1. The molecule has 1 aromatic rings. The molecule has 0 amide bonds. The van der Waals surface area contributed by atoms with Crippen LogP contribution in [0.1, 0.15) is 31.2 Å². The van der Waals surface area contributed by atoms with Gasteiger partial charge in [-0.2, -0.15) is 0 Å². The lowest BCUT2D eigenvalue weighted by atomic mass is 10.1. The Bertz CT molecular complexity index is 434. The van der Waals surface area contributed by atoms with Crippen LogP contribution in [0.5, 0.6) is 5.75 Å². The predicted molar refractivity (Wildman–Crippen MR) is 74.8 cm³/mol. The van der Waals surface area contributed by atoms with Crippen LogP contribution in [0.15, 0.2) is 24.3 Å². The number of nitrogens with two attached hydrogens (primary N) is 1. The van der Waals surface area contributed by atoms with Gasteiger partial charge >= 0.3 is 6.36 Å². The Morgan fingerprint density at radius 1 is 1.24 bits per heavy atom. The van der Waals surface area contributed by atoms with Crippen molar-refractivity contribution in [3.05, 3.63) is 29.8 Å². The highest BCUT2D eigenvalue weighted by Crippen LogP contribution is 2.26. The van der Waals surface area contributed by atoms with E-state index in [0.717, 1.165) is 31.5 Å². The van der Waals surface area contributed by atoms with Crippen molar-refractivity contribution in [3.63, 3.8) is 0 Å². The smallest absolute Gasteiger partial charge is 0.406 e. The monoisotopic (exact) mass is 302 g/mol. The lowest BCUT2D eigenvalue weighted by Gasteiger charge is -2.24. The molecule has 3 nitrogen and oxygen atoms in total. The van der Waals surface area contributed by atoms with Crippen LogP contribution in [0.4, 0.5) is 13.2 Å². The summed E-state index contributed by atoms with van der Waals surface area (Å²) in [5.74, 6) is -0.174. The van der Waals surface area contributed by atoms with Crippen molar-refractivity contribution < 1.29 is 17.9 Å². The highest BCUT2D eigenvalue weighted by Gasteiger charge is 2.31. The summed E-state index contributed by atoms with van der Waals surface area (Å²) >= 11 is 0. The molecule has 0 saturated carbocycles. The Morgan fingerprint density at radius 3 is 2.57 bits per heavy atom. The maximum absolute atomic E-state index is 12.1. The quantitative estimate of drug-likeness (QED) is 0.876. The molecule has 0 aromatic heterocycles. The molecule has 1 atom stereocenters. The van der Waals surface area contributed by atoms with Gasteiger partial charge in [0, 0.05) is 12.6 Å². The van der Waals surface area contributed by atoms with E-state index < -0.39 is 6.36 Å². The van der Waals surface area contributed by atoms with E-state index in [1.807, 2.05) is 0 Å². The van der Waals surface area contributed by atoms with Crippen LogP contribution in [0.25, 0.3) is 0 Å². The van der Waals surface area contributed by atoms with Gasteiger partial charge in [-0.1, -0.05) is 12.1 Å². The third-order valence-electron chi connectivity index (χ3n) is 3.78. The molecule has 0 radical (unpaired) electrons. The minimum absolute atomic E-state index is 0.174. The largest absolute Gasteiger partial charge is 0.573 e. The van der Waals surface area contributed by atoms with Gasteiger partial charge in [-0.3, -0.25) is 4.90 Å². The summed E-state index contributed by atoms with van der Waals surface area (Å²) in [6.45, 7) is 2.51. The molecule has 1 heterocycles. The van der Waals surface area contributed by atoms with E-state index in [4.69, 9.17) is 5.73 Å². The third kappa shape index (κ3) is 5.21. The maximum atomic E-state index is 12.1. The standard InChI is InChI=1S/C15H21F3N2O/c16-15(17,18)21-14-7-5-12(6-8-14)11-20-10-2-4-13(20)3-1-9-19/h5-8,13H,1-4,9-11,19H2. The van der Waals surface area contributed by atoms with Crippen LogP contribution in [-0.4, -0.2) is 30.4 Å². The Balaban J connectivity index is 1.90. The number of hydrogen-bond acceptors (Lipinski definition) is 3. The predicted octanol–water partition coefficient (Wildman–Crippen LogP) is 3.29. The lowest BCUT2D eigenvalue weighted by Crippen LogP contribution is -2.29. The number of rotatable bonds is 6. The molecule has 0 bridgehead atoms. The zero-order valence-electron chi connectivity index (χ0n) is 11.9. The number of likely N-dealkylation sites (tertiary alicyclic amines) is 1. The van der Waals surface area contributed by atoms with Crippen molar-refractivity contribution in [1.29, 1.82) is 0 Å². The summed E-state index contributed by atoms with van der Waals surface area (Å²) in [5.41, 5.74) is 6.55. The Morgan fingerprint density at radius 2 is 1.95 bits per heavy atom. The van der Waals surface area contributed by atoms with Gasteiger partial charge in [0.05, 0.1) is 0 Å². The van der Waals surface area contributed by atoms with Crippen LogP contribution >= 0.6 is 0 Å². The average molecular weight is 302 g/mol. The first-order valence-electron chi connectivity index (χ1n) is 7.27. The summed E-state index contributed by atoms with van der Waals surface area (Å²) in [7, 11) is 0. The Hall–Kier alpha value is -1.27. The van der Waals surface area contributed by atoms with Gasteiger partial charge in [-0.05, 0) is 56.5 Å². The first-order chi connectivity index (χ1) is 9.98. The van der Waals surface area contributed by atoms with Gasteiger partial charge in [0.25, 0.3) is 0 Å². The zero-order chi connectivity index (χ0) is 15.3. The molecule has 6 heteroatoms. The SMILES string of the molecule is NCCCC1CCCN1Cc1ccc(OC(F)(F)F)cc1. The topological polar surface area (TPSA) is 38.5 Å². The van der Waals surface area contributed by atoms with E-state index >= 15 is 0 Å². The minimum atomic E-state index is -4.64. The van der Waals surface area contributed by atoms with Crippen LogP contribution in [0.2, 0.25) is 0 Å². The molecule has 2 rings (SSSR count). The summed E-state index contributed by atoms with van der Waals surface area (Å²) < 4.78 is 40.2. The first kappa shape index (κ1) is 16.1. The summed E-state index contributed by atoms with van der Waals surface area (Å²) in [6, 6.07) is 6.67. The second kappa shape index (κ2) is 7.13. The molecule has 0 aliphatic carbocycles. The number of benzene rings is 1. The van der Waals surface area contributed by atoms with Crippen LogP contribution in [0, 0.1) is 0 Å². The number of alkyl halides is 3. The second-order valence-electron chi connectivity index (χ2n) is 5.39. The van der Waals surface area contributed by atoms with Gasteiger partial charge in [0.2, 0.25) is 0 Å². The molecule has 1 aromatic carbocycles. The zero-order valence-corrected chi connectivity index (χ0v) is 11.9. The summed E-state index contributed by atoms with van der Waals surface area (Å²) in [6.07, 6.45) is -0.186. The Kier molecular flexibility index (Phi) is 5.47. The number of halogens is 3. The fourth-order valence-electron chi connectivity index (χ4n) is 2.81. The Labute approximate surface area is 122 Å². The molecule has 1 saturated heterocycles. The lowest BCUT2D eigenvalue weighted by molar-refractivity contribution is -0.274. The molecule has 0 spiro atoms. The molecule has 1 fully saturated rings. The van der Waals surface area contributed by atoms with Gasteiger partial charge in [0.1, 0.15) is 5.75 Å². The van der Waals surface area contributed by atoms with E-state index in [1.54, 1.807) is 12.1 Å². The van der Waals surface area contributed by atoms with Crippen LogP contribution < -0.4 is 10.5 Å². The van der Waals surface area contributed by atoms with Gasteiger partial charge in [-0.25, -0.2) is 0 Å². The average Bonchev–Trinajstić information content (AvgIpc) is 2.84. The van der Waals surface area contributed by atoms with Crippen LogP contribution in [-0.2, 0) is 6.54 Å². The molecule has 1 aliphatic rings. The molecular weight excluding hydrogens is 281 g/mol. The van der Waals surface area contributed by atoms with Crippen LogP contribution in [0.3, 0.4) is 0 Å². The second-order valence-corrected chi connectivity index (χ2v) is 5.39. The van der Waals surface area contributed by atoms with E-state index in [9.17, 15) is 13.2 Å². The van der Waals surface area contributed by atoms with Gasteiger partial charge < -0.3 is 10.5 Å². The van der Waals surface area contributed by atoms with Gasteiger partial charge in [0.15, 0.2) is 0 Å². The van der Waals surface area contributed by atoms with Crippen molar-refractivity contribution in [2.24, 2.45) is 5.73 Å². The van der Waals surface area contributed by atoms with E-state index in [0.29, 0.717) is 12.6 Å². The maximum Gasteiger partial charge on any atom is 0.573 e. The van der Waals surface area contributed by atoms with Crippen molar-refractivity contribution in [2.45, 2.75) is 44.6 Å². The fraction of sp³-hybridized carbons (Fsp3) is 0.600. The summed E-state index contributed by atoms with van der Waals surface area (Å²) in [5, 5.41) is 0. The van der Waals surface area contributed by atoms with Crippen molar-refractivity contribution in [1.82, 2.24) is 4.90 Å². The summed E-state index contributed by atoms with van der Waals surface area (Å²) in [4.78, 5) is 2.38. The molecule has 1 unspecified atom stereocenters. The first-order valence-corrected chi connectivity index (χ1v) is 7.27. The molecule has 118 valence electrons. The van der Waals surface area contributed by atoms with E-state index in [2.05, 4.69) is 9.64 Å². The molecule has 21 heavy (non-hydrogen) atoms. The molecule has 1 aliphatic heterocycles. The van der Waals surface area contributed by atoms with E-state index in [-0.39, 0.29) is 5.75 Å².